The normalized spacial score (nSPS) is 11.0. The zero-order chi connectivity index (χ0) is 17.9. The van der Waals surface area contributed by atoms with Gasteiger partial charge in [-0.2, -0.15) is 4.98 Å². The number of nitrogens with one attached hydrogen (secondary N) is 1. The molecule has 0 saturated heterocycles. The van der Waals surface area contributed by atoms with E-state index in [1.807, 2.05) is 41.8 Å². The van der Waals surface area contributed by atoms with Crippen LogP contribution in [0.25, 0.3) is 16.9 Å². The maximum absolute atomic E-state index is 5.87. The van der Waals surface area contributed by atoms with Crippen LogP contribution in [0.1, 0.15) is 16.8 Å². The summed E-state index contributed by atoms with van der Waals surface area (Å²) in [7, 11) is 0. The molecule has 0 aliphatic heterocycles. The topological polar surface area (TPSA) is 81.7 Å². The van der Waals surface area contributed by atoms with Gasteiger partial charge in [0.25, 0.3) is 0 Å². The van der Waals surface area contributed by atoms with Gasteiger partial charge in [0.05, 0.1) is 5.52 Å². The van der Waals surface area contributed by atoms with Crippen LogP contribution >= 0.6 is 0 Å². The van der Waals surface area contributed by atoms with Gasteiger partial charge >= 0.3 is 0 Å². The third-order valence-corrected chi connectivity index (χ3v) is 4.39. The Balaban J connectivity index is 1.69. The summed E-state index contributed by atoms with van der Waals surface area (Å²) < 4.78 is 2.03. The molecule has 2 heterocycles. The molecule has 3 N–H and O–H groups in total. The molecule has 0 atom stereocenters. The van der Waals surface area contributed by atoms with Crippen molar-refractivity contribution in [3.05, 3.63) is 77.7 Å². The first kappa shape index (κ1) is 16.2. The minimum Gasteiger partial charge on any atom is -0.350 e. The van der Waals surface area contributed by atoms with Crippen molar-refractivity contribution in [3.8, 4) is 5.95 Å². The minimum atomic E-state index is 0.502. The van der Waals surface area contributed by atoms with E-state index in [2.05, 4.69) is 44.5 Å². The molecule has 2 aromatic carbocycles. The van der Waals surface area contributed by atoms with Gasteiger partial charge in [0, 0.05) is 24.2 Å². The van der Waals surface area contributed by atoms with Crippen LogP contribution in [0.15, 0.2) is 60.9 Å². The van der Waals surface area contributed by atoms with Gasteiger partial charge < -0.3 is 11.1 Å². The molecule has 0 amide bonds. The standard InChI is InChI=1S/C20H20N6/c1-14-10-17-16(11-21)8-5-9-18(17)26(14)20-24-13-23-19(25-20)22-12-15-6-3-2-4-7-15/h2-10,13H,11-12,21H2,1H3,(H,22,23,24,25). The van der Waals surface area contributed by atoms with Gasteiger partial charge in [0.15, 0.2) is 0 Å². The number of nitrogens with zero attached hydrogens (tertiary/aromatic N) is 4. The van der Waals surface area contributed by atoms with Crippen LogP contribution in [0.4, 0.5) is 5.95 Å². The second kappa shape index (κ2) is 6.93. The highest BCUT2D eigenvalue weighted by atomic mass is 15.2. The van der Waals surface area contributed by atoms with E-state index in [1.54, 1.807) is 0 Å². The lowest BCUT2D eigenvalue weighted by Crippen LogP contribution is -2.09. The van der Waals surface area contributed by atoms with Crippen LogP contribution in [0.2, 0.25) is 0 Å². The molecule has 4 rings (SSSR count). The number of aryl methyl sites for hydroxylation is 1. The predicted octanol–water partition coefficient (Wildman–Crippen LogP) is 3.19. The van der Waals surface area contributed by atoms with Gasteiger partial charge in [-0.1, -0.05) is 42.5 Å². The molecule has 4 aromatic rings. The Hall–Kier alpha value is -3.25. The lowest BCUT2D eigenvalue weighted by Gasteiger charge is -2.09. The van der Waals surface area contributed by atoms with E-state index >= 15 is 0 Å². The number of benzene rings is 2. The zero-order valence-electron chi connectivity index (χ0n) is 14.6. The lowest BCUT2D eigenvalue weighted by atomic mass is 10.1. The first-order chi connectivity index (χ1) is 12.8. The summed E-state index contributed by atoms with van der Waals surface area (Å²) in [5, 5.41) is 4.39. The highest BCUT2D eigenvalue weighted by Crippen LogP contribution is 2.25. The minimum absolute atomic E-state index is 0.502. The number of hydrogen-bond acceptors (Lipinski definition) is 5. The van der Waals surface area contributed by atoms with E-state index in [9.17, 15) is 0 Å². The smallest absolute Gasteiger partial charge is 0.239 e. The monoisotopic (exact) mass is 344 g/mol. The Labute approximate surface area is 151 Å². The summed E-state index contributed by atoms with van der Waals surface area (Å²) >= 11 is 0. The highest BCUT2D eigenvalue weighted by Gasteiger charge is 2.12. The summed E-state index contributed by atoms with van der Waals surface area (Å²) in [4.78, 5) is 13.2. The second-order valence-corrected chi connectivity index (χ2v) is 6.12. The molecule has 0 saturated carbocycles. The average molecular weight is 344 g/mol. The fourth-order valence-electron chi connectivity index (χ4n) is 3.13. The number of aromatic nitrogens is 4. The summed E-state index contributed by atoms with van der Waals surface area (Å²) in [5.41, 5.74) is 10.3. The third-order valence-electron chi connectivity index (χ3n) is 4.39. The molecule has 0 unspecified atom stereocenters. The van der Waals surface area contributed by atoms with Gasteiger partial charge in [-0.05, 0) is 30.2 Å². The molecule has 6 nitrogen and oxygen atoms in total. The second-order valence-electron chi connectivity index (χ2n) is 6.12. The fourth-order valence-corrected chi connectivity index (χ4v) is 3.13. The Kier molecular flexibility index (Phi) is 4.33. The van der Waals surface area contributed by atoms with E-state index < -0.39 is 0 Å². The Morgan fingerprint density at radius 3 is 2.69 bits per heavy atom. The first-order valence-electron chi connectivity index (χ1n) is 8.53. The van der Waals surface area contributed by atoms with Crippen molar-refractivity contribution >= 4 is 16.9 Å². The Morgan fingerprint density at radius 1 is 1.04 bits per heavy atom. The molecule has 0 spiro atoms. The molecular weight excluding hydrogens is 324 g/mol. The largest absolute Gasteiger partial charge is 0.350 e. The molecule has 0 aliphatic rings. The van der Waals surface area contributed by atoms with Crippen molar-refractivity contribution in [2.45, 2.75) is 20.0 Å². The van der Waals surface area contributed by atoms with Crippen LogP contribution in [0.3, 0.4) is 0 Å². The van der Waals surface area contributed by atoms with E-state index in [0.717, 1.165) is 22.2 Å². The molecule has 2 aromatic heterocycles. The van der Waals surface area contributed by atoms with E-state index in [1.165, 1.54) is 11.9 Å². The molecule has 0 radical (unpaired) electrons. The summed E-state index contributed by atoms with van der Waals surface area (Å²) in [5.74, 6) is 1.15. The molecule has 26 heavy (non-hydrogen) atoms. The van der Waals surface area contributed by atoms with Gasteiger partial charge in [-0.25, -0.2) is 9.97 Å². The zero-order valence-corrected chi connectivity index (χ0v) is 14.6. The maximum Gasteiger partial charge on any atom is 0.239 e. The van der Waals surface area contributed by atoms with Crippen molar-refractivity contribution in [3.63, 3.8) is 0 Å². The summed E-state index contributed by atoms with van der Waals surface area (Å²) in [6.07, 6.45) is 1.54. The van der Waals surface area contributed by atoms with Gasteiger partial charge in [-0.15, -0.1) is 0 Å². The van der Waals surface area contributed by atoms with Gasteiger partial charge in [0.1, 0.15) is 6.33 Å². The summed E-state index contributed by atoms with van der Waals surface area (Å²) in [6, 6.07) is 18.4. The fraction of sp³-hybridized carbons (Fsp3) is 0.150. The molecule has 130 valence electrons. The van der Waals surface area contributed by atoms with Crippen molar-refractivity contribution in [1.29, 1.82) is 0 Å². The van der Waals surface area contributed by atoms with Crippen LogP contribution < -0.4 is 11.1 Å². The third kappa shape index (κ3) is 3.02. The quantitative estimate of drug-likeness (QED) is 0.581. The Morgan fingerprint density at radius 2 is 1.88 bits per heavy atom. The highest BCUT2D eigenvalue weighted by molar-refractivity contribution is 5.86. The van der Waals surface area contributed by atoms with Crippen molar-refractivity contribution in [1.82, 2.24) is 19.5 Å². The van der Waals surface area contributed by atoms with E-state index in [0.29, 0.717) is 25.0 Å². The molecule has 6 heteroatoms. The van der Waals surface area contributed by atoms with Gasteiger partial charge in [0.2, 0.25) is 11.9 Å². The molecule has 0 fully saturated rings. The molecule has 0 bridgehead atoms. The van der Waals surface area contributed by atoms with Crippen molar-refractivity contribution < 1.29 is 0 Å². The van der Waals surface area contributed by atoms with E-state index in [4.69, 9.17) is 5.73 Å². The van der Waals surface area contributed by atoms with Crippen LogP contribution in [-0.2, 0) is 13.1 Å². The van der Waals surface area contributed by atoms with Crippen LogP contribution in [0.5, 0.6) is 0 Å². The number of anilines is 1. The lowest BCUT2D eigenvalue weighted by molar-refractivity contribution is 0.891. The van der Waals surface area contributed by atoms with Gasteiger partial charge in [-0.3, -0.25) is 4.57 Å². The maximum atomic E-state index is 5.87. The summed E-state index contributed by atoms with van der Waals surface area (Å²) in [6.45, 7) is 3.20. The first-order valence-corrected chi connectivity index (χ1v) is 8.53. The van der Waals surface area contributed by atoms with E-state index in [-0.39, 0.29) is 0 Å². The average Bonchev–Trinajstić information content (AvgIpc) is 3.03. The SMILES string of the molecule is Cc1cc2c(CN)cccc2n1-c1ncnc(NCc2ccccc2)n1. The number of rotatable bonds is 5. The van der Waals surface area contributed by atoms with Crippen LogP contribution in [-0.4, -0.2) is 19.5 Å². The molecular formula is C20H20N6. The number of fused-ring (bicyclic) bond motifs is 1. The number of nitrogens with two attached hydrogens (primary N) is 1. The molecule has 0 aliphatic carbocycles. The van der Waals surface area contributed by atoms with Crippen LogP contribution in [0, 0.1) is 6.92 Å². The number of hydrogen-bond donors (Lipinski definition) is 2. The predicted molar refractivity (Wildman–Crippen MR) is 103 cm³/mol. The van der Waals surface area contributed by atoms with Crippen molar-refractivity contribution in [2.24, 2.45) is 5.73 Å². The van der Waals surface area contributed by atoms with Crippen molar-refractivity contribution in [2.75, 3.05) is 5.32 Å². The Bertz CT molecular complexity index is 1040.